The molecule has 3 amide bonds. The highest BCUT2D eigenvalue weighted by molar-refractivity contribution is 6.37. The zero-order chi connectivity index (χ0) is 19.6. The smallest absolute Gasteiger partial charge is 0.325 e. The molecule has 142 valence electrons. The molecule has 0 aliphatic carbocycles. The maximum atomic E-state index is 13.2. The number of urea groups is 1. The standard InChI is InChI=1S/C19H17Cl2FN2O3/c1-2-19(12-6-8-13(22)9-7-12)17(25)24(18(26)23-19)10-11-27-16-14(20)4-3-5-15(16)21/h3-9H,2,10-11H2,1H3,(H,23,26)/t19-/m1/s1. The molecule has 1 N–H and O–H groups in total. The first-order chi connectivity index (χ1) is 12.9. The van der Waals surface area contributed by atoms with Gasteiger partial charge in [-0.2, -0.15) is 0 Å². The molecule has 0 saturated carbocycles. The Morgan fingerprint density at radius 3 is 2.33 bits per heavy atom. The molecule has 1 atom stereocenters. The first-order valence-electron chi connectivity index (χ1n) is 8.36. The lowest BCUT2D eigenvalue weighted by Crippen LogP contribution is -2.43. The molecule has 2 aromatic rings. The zero-order valence-electron chi connectivity index (χ0n) is 14.5. The first kappa shape index (κ1) is 19.5. The van der Waals surface area contributed by atoms with E-state index in [9.17, 15) is 14.0 Å². The molecule has 0 aromatic heterocycles. The van der Waals surface area contributed by atoms with Crippen molar-refractivity contribution < 1.29 is 18.7 Å². The van der Waals surface area contributed by atoms with Gasteiger partial charge >= 0.3 is 6.03 Å². The van der Waals surface area contributed by atoms with Crippen molar-refractivity contribution >= 4 is 35.1 Å². The summed E-state index contributed by atoms with van der Waals surface area (Å²) in [5.74, 6) is -0.521. The van der Waals surface area contributed by atoms with E-state index in [0.29, 0.717) is 27.8 Å². The highest BCUT2D eigenvalue weighted by Crippen LogP contribution is 2.34. The molecular formula is C19H17Cl2FN2O3. The summed E-state index contributed by atoms with van der Waals surface area (Å²) in [5.41, 5.74) is -0.686. The van der Waals surface area contributed by atoms with Crippen LogP contribution in [0.2, 0.25) is 10.0 Å². The second-order valence-electron chi connectivity index (χ2n) is 6.05. The third-order valence-corrected chi connectivity index (χ3v) is 5.12. The summed E-state index contributed by atoms with van der Waals surface area (Å²) >= 11 is 12.1. The predicted octanol–water partition coefficient (Wildman–Crippen LogP) is 4.37. The van der Waals surface area contributed by atoms with Crippen LogP contribution in [0.4, 0.5) is 9.18 Å². The average Bonchev–Trinajstić information content (AvgIpc) is 2.89. The Morgan fingerprint density at radius 2 is 1.74 bits per heavy atom. The molecule has 5 nitrogen and oxygen atoms in total. The van der Waals surface area contributed by atoms with Crippen LogP contribution in [0, 0.1) is 5.82 Å². The van der Waals surface area contributed by atoms with Crippen molar-refractivity contribution in [1.82, 2.24) is 10.2 Å². The topological polar surface area (TPSA) is 58.6 Å². The number of nitrogens with zero attached hydrogens (tertiary/aromatic N) is 1. The molecule has 0 unspecified atom stereocenters. The fourth-order valence-electron chi connectivity index (χ4n) is 3.06. The number of hydrogen-bond donors (Lipinski definition) is 1. The van der Waals surface area contributed by atoms with E-state index in [0.717, 1.165) is 4.90 Å². The van der Waals surface area contributed by atoms with Crippen LogP contribution in [0.25, 0.3) is 0 Å². The number of nitrogens with one attached hydrogen (secondary N) is 1. The van der Waals surface area contributed by atoms with Crippen molar-refractivity contribution in [2.24, 2.45) is 0 Å². The van der Waals surface area contributed by atoms with E-state index in [2.05, 4.69) is 5.32 Å². The lowest BCUT2D eigenvalue weighted by molar-refractivity contribution is -0.132. The second-order valence-corrected chi connectivity index (χ2v) is 6.87. The number of carbonyl (C=O) groups is 2. The fourth-order valence-corrected chi connectivity index (χ4v) is 3.57. The number of benzene rings is 2. The Morgan fingerprint density at radius 1 is 1.11 bits per heavy atom. The SMILES string of the molecule is CC[C@]1(c2ccc(F)cc2)NC(=O)N(CCOc2c(Cl)cccc2Cl)C1=O. The van der Waals surface area contributed by atoms with E-state index in [1.807, 2.05) is 0 Å². The van der Waals surface area contributed by atoms with Gasteiger partial charge in [0.15, 0.2) is 5.75 Å². The van der Waals surface area contributed by atoms with Crippen LogP contribution in [-0.4, -0.2) is 30.0 Å². The predicted molar refractivity (Wildman–Crippen MR) is 101 cm³/mol. The van der Waals surface area contributed by atoms with Gasteiger partial charge in [-0.3, -0.25) is 9.69 Å². The molecule has 0 bridgehead atoms. The van der Waals surface area contributed by atoms with Crippen molar-refractivity contribution in [3.8, 4) is 5.75 Å². The van der Waals surface area contributed by atoms with Crippen molar-refractivity contribution in [2.45, 2.75) is 18.9 Å². The van der Waals surface area contributed by atoms with E-state index in [1.165, 1.54) is 24.3 Å². The maximum Gasteiger partial charge on any atom is 0.325 e. The summed E-state index contributed by atoms with van der Waals surface area (Å²) in [5, 5.41) is 3.41. The van der Waals surface area contributed by atoms with E-state index in [4.69, 9.17) is 27.9 Å². The summed E-state index contributed by atoms with van der Waals surface area (Å²) in [6, 6.07) is 9.95. The van der Waals surface area contributed by atoms with E-state index in [-0.39, 0.29) is 13.2 Å². The minimum absolute atomic E-state index is 0.0230. The number of amides is 3. The van der Waals surface area contributed by atoms with Crippen molar-refractivity contribution in [2.75, 3.05) is 13.2 Å². The second kappa shape index (κ2) is 7.74. The number of hydrogen-bond acceptors (Lipinski definition) is 3. The molecule has 8 heteroatoms. The quantitative estimate of drug-likeness (QED) is 0.719. The summed E-state index contributed by atoms with van der Waals surface area (Å²) < 4.78 is 18.8. The van der Waals surface area contributed by atoms with Gasteiger partial charge in [-0.1, -0.05) is 48.3 Å². The first-order valence-corrected chi connectivity index (χ1v) is 9.11. The molecule has 3 rings (SSSR count). The van der Waals surface area contributed by atoms with Gasteiger partial charge in [0.2, 0.25) is 0 Å². The number of carbonyl (C=O) groups excluding carboxylic acids is 2. The summed E-state index contributed by atoms with van der Waals surface area (Å²) in [6.07, 6.45) is 0.330. The molecular weight excluding hydrogens is 394 g/mol. The van der Waals surface area contributed by atoms with E-state index < -0.39 is 23.3 Å². The molecule has 1 fully saturated rings. The van der Waals surface area contributed by atoms with Gasteiger partial charge in [0.25, 0.3) is 5.91 Å². The molecule has 2 aromatic carbocycles. The largest absolute Gasteiger partial charge is 0.489 e. The van der Waals surface area contributed by atoms with Gasteiger partial charge in [0.1, 0.15) is 18.0 Å². The Hall–Kier alpha value is -2.31. The Balaban J connectivity index is 1.75. The normalized spacial score (nSPS) is 19.3. The minimum atomic E-state index is -1.22. The van der Waals surface area contributed by atoms with Gasteiger partial charge in [0.05, 0.1) is 16.6 Å². The number of rotatable bonds is 6. The van der Waals surface area contributed by atoms with Crippen molar-refractivity contribution in [1.29, 1.82) is 0 Å². The lowest BCUT2D eigenvalue weighted by Gasteiger charge is -2.25. The van der Waals surface area contributed by atoms with Gasteiger partial charge < -0.3 is 10.1 Å². The number of ether oxygens (including phenoxy) is 1. The molecule has 1 heterocycles. The van der Waals surface area contributed by atoms with Gasteiger partial charge in [-0.25, -0.2) is 9.18 Å². The van der Waals surface area contributed by atoms with Crippen LogP contribution < -0.4 is 10.1 Å². The van der Waals surface area contributed by atoms with Crippen LogP contribution in [-0.2, 0) is 10.3 Å². The third-order valence-electron chi connectivity index (χ3n) is 4.52. The van der Waals surface area contributed by atoms with Crippen LogP contribution in [0.1, 0.15) is 18.9 Å². The fraction of sp³-hybridized carbons (Fsp3) is 0.263. The number of halogens is 3. The van der Waals surface area contributed by atoms with Crippen molar-refractivity contribution in [3.63, 3.8) is 0 Å². The van der Waals surface area contributed by atoms with Crippen molar-refractivity contribution in [3.05, 3.63) is 63.9 Å². The van der Waals surface area contributed by atoms with E-state index in [1.54, 1.807) is 25.1 Å². The molecule has 1 saturated heterocycles. The molecule has 27 heavy (non-hydrogen) atoms. The summed E-state index contributed by atoms with van der Waals surface area (Å²) in [4.78, 5) is 26.4. The lowest BCUT2D eigenvalue weighted by atomic mass is 9.87. The Bertz CT molecular complexity index is 856. The third kappa shape index (κ3) is 3.59. The monoisotopic (exact) mass is 410 g/mol. The van der Waals surface area contributed by atoms with Gasteiger partial charge in [-0.05, 0) is 36.2 Å². The minimum Gasteiger partial charge on any atom is -0.489 e. The maximum absolute atomic E-state index is 13.2. The van der Waals surface area contributed by atoms with Crippen LogP contribution >= 0.6 is 23.2 Å². The summed E-state index contributed by atoms with van der Waals surface area (Å²) in [6.45, 7) is 1.84. The highest BCUT2D eigenvalue weighted by Gasteiger charge is 2.51. The molecule has 1 aliphatic heterocycles. The average molecular weight is 411 g/mol. The van der Waals surface area contributed by atoms with Crippen LogP contribution in [0.5, 0.6) is 5.75 Å². The molecule has 0 radical (unpaired) electrons. The number of imide groups is 1. The molecule has 1 aliphatic rings. The summed E-state index contributed by atoms with van der Waals surface area (Å²) in [7, 11) is 0. The number of para-hydroxylation sites is 1. The zero-order valence-corrected chi connectivity index (χ0v) is 16.0. The molecule has 0 spiro atoms. The van der Waals surface area contributed by atoms with Crippen LogP contribution in [0.15, 0.2) is 42.5 Å². The van der Waals surface area contributed by atoms with Crippen LogP contribution in [0.3, 0.4) is 0 Å². The van der Waals surface area contributed by atoms with E-state index >= 15 is 0 Å². The Kier molecular flexibility index (Phi) is 5.58. The van der Waals surface area contributed by atoms with Gasteiger partial charge in [0, 0.05) is 0 Å². The highest BCUT2D eigenvalue weighted by atomic mass is 35.5. The Labute approximate surface area is 166 Å². The van der Waals surface area contributed by atoms with Gasteiger partial charge in [-0.15, -0.1) is 0 Å².